The third-order valence-corrected chi connectivity index (χ3v) is 1.78. The monoisotopic (exact) mass is 233 g/mol. The largest absolute Gasteiger partial charge is 0.257 e. The lowest BCUT2D eigenvalue weighted by Gasteiger charge is -2.06. The molecule has 1 aliphatic rings. The molecule has 1 aromatic rings. The molecule has 0 saturated carbocycles. The third kappa shape index (κ3) is 8.67. The van der Waals surface area contributed by atoms with E-state index < -0.39 is 0 Å². The Hall–Kier alpha value is -1.11. The van der Waals surface area contributed by atoms with Gasteiger partial charge in [-0.1, -0.05) is 53.7 Å². The van der Waals surface area contributed by atoms with Gasteiger partial charge in [0.1, 0.15) is 0 Å². The van der Waals surface area contributed by atoms with Crippen LogP contribution >= 0.6 is 0 Å². The molecule has 0 fully saturated rings. The van der Waals surface area contributed by atoms with Crippen molar-refractivity contribution in [1.29, 1.82) is 0 Å². The first-order chi connectivity index (χ1) is 7.97. The number of aryl methyl sites for hydroxylation is 1. The molecule has 0 amide bonds. The van der Waals surface area contributed by atoms with Crippen LogP contribution in [0.3, 0.4) is 0 Å². The van der Waals surface area contributed by atoms with Crippen LogP contribution in [-0.2, 0) is 6.42 Å². The highest BCUT2D eigenvalue weighted by Gasteiger charge is 2.01. The Bertz CT molecular complexity index is 326. The van der Waals surface area contributed by atoms with Crippen molar-refractivity contribution in [3.8, 4) is 0 Å². The highest BCUT2D eigenvalue weighted by Crippen LogP contribution is 2.15. The van der Waals surface area contributed by atoms with Crippen molar-refractivity contribution in [3.05, 3.63) is 35.7 Å². The van der Waals surface area contributed by atoms with E-state index in [1.165, 1.54) is 12.0 Å². The standard InChI is InChI=1S/C9H9N.C5H12.C2H6/c1-2-6-9-8(4-1)5-3-7-10-9;1-5(2,3)4;1-2/h2-3,5-7H,1,4H2;1-4H3;1-2H3. The quantitative estimate of drug-likeness (QED) is 0.606. The summed E-state index contributed by atoms with van der Waals surface area (Å²) in [5.74, 6) is 0. The van der Waals surface area contributed by atoms with Gasteiger partial charge < -0.3 is 0 Å². The maximum absolute atomic E-state index is 4.23. The lowest BCUT2D eigenvalue weighted by Crippen LogP contribution is -1.94. The molecule has 0 aliphatic heterocycles. The summed E-state index contributed by atoms with van der Waals surface area (Å²) < 4.78 is 0. The minimum absolute atomic E-state index is 0.500. The fraction of sp³-hybridized carbons (Fsp3) is 0.562. The maximum Gasteiger partial charge on any atom is 0.0658 e. The summed E-state index contributed by atoms with van der Waals surface area (Å²) in [6, 6.07) is 4.14. The van der Waals surface area contributed by atoms with Crippen molar-refractivity contribution >= 4 is 6.08 Å². The van der Waals surface area contributed by atoms with E-state index in [2.05, 4.69) is 50.9 Å². The summed E-state index contributed by atoms with van der Waals surface area (Å²) in [7, 11) is 0. The number of aromatic nitrogens is 1. The van der Waals surface area contributed by atoms with Crippen LogP contribution < -0.4 is 0 Å². The molecular weight excluding hydrogens is 206 g/mol. The van der Waals surface area contributed by atoms with Gasteiger partial charge in [0.15, 0.2) is 0 Å². The Morgan fingerprint density at radius 3 is 2.24 bits per heavy atom. The maximum atomic E-state index is 4.23. The molecular formula is C16H27N. The number of fused-ring (bicyclic) bond motifs is 1. The molecule has 1 aromatic heterocycles. The summed E-state index contributed by atoms with van der Waals surface area (Å²) in [6.07, 6.45) is 8.43. The van der Waals surface area contributed by atoms with Crippen LogP contribution in [0.25, 0.3) is 6.08 Å². The molecule has 1 nitrogen and oxygen atoms in total. The van der Waals surface area contributed by atoms with Gasteiger partial charge in [0, 0.05) is 6.20 Å². The Labute approximate surface area is 107 Å². The number of rotatable bonds is 0. The Balaban J connectivity index is 0.000000315. The van der Waals surface area contributed by atoms with Crippen LogP contribution in [0.5, 0.6) is 0 Å². The number of nitrogens with zero attached hydrogens (tertiary/aromatic N) is 1. The number of pyridine rings is 1. The molecule has 0 aromatic carbocycles. The Morgan fingerprint density at radius 1 is 1.12 bits per heavy atom. The highest BCUT2D eigenvalue weighted by molar-refractivity contribution is 5.51. The van der Waals surface area contributed by atoms with Crippen LogP contribution in [0.1, 0.15) is 59.2 Å². The molecule has 0 radical (unpaired) electrons. The van der Waals surface area contributed by atoms with Gasteiger partial charge in [-0.3, -0.25) is 4.98 Å². The molecule has 0 spiro atoms. The summed E-state index contributed by atoms with van der Waals surface area (Å²) in [5, 5.41) is 0. The lowest BCUT2D eigenvalue weighted by molar-refractivity contribution is 0.469. The van der Waals surface area contributed by atoms with Gasteiger partial charge in [0.25, 0.3) is 0 Å². The van der Waals surface area contributed by atoms with Gasteiger partial charge in [0.05, 0.1) is 5.69 Å². The molecule has 1 heterocycles. The zero-order valence-electron chi connectivity index (χ0n) is 12.2. The Kier molecular flexibility index (Phi) is 7.53. The van der Waals surface area contributed by atoms with E-state index in [1.807, 2.05) is 26.1 Å². The molecule has 1 heteroatoms. The van der Waals surface area contributed by atoms with Crippen molar-refractivity contribution in [3.63, 3.8) is 0 Å². The zero-order valence-corrected chi connectivity index (χ0v) is 12.2. The second-order valence-electron chi connectivity index (χ2n) is 5.49. The van der Waals surface area contributed by atoms with Crippen LogP contribution in [0.2, 0.25) is 0 Å². The smallest absolute Gasteiger partial charge is 0.0658 e. The van der Waals surface area contributed by atoms with Crippen LogP contribution in [0, 0.1) is 5.41 Å². The van der Waals surface area contributed by atoms with Gasteiger partial charge in [0.2, 0.25) is 0 Å². The fourth-order valence-electron chi connectivity index (χ4n) is 1.25. The van der Waals surface area contributed by atoms with E-state index in [4.69, 9.17) is 0 Å². The second-order valence-corrected chi connectivity index (χ2v) is 5.49. The Morgan fingerprint density at radius 2 is 1.71 bits per heavy atom. The van der Waals surface area contributed by atoms with Gasteiger partial charge in [-0.05, 0) is 36.0 Å². The minimum atomic E-state index is 0.500. The van der Waals surface area contributed by atoms with Crippen LogP contribution in [0.4, 0.5) is 0 Å². The number of allylic oxidation sites excluding steroid dienone is 1. The molecule has 0 bridgehead atoms. The molecule has 0 saturated heterocycles. The first-order valence-corrected chi connectivity index (χ1v) is 6.57. The highest BCUT2D eigenvalue weighted by atomic mass is 14.7. The predicted octanol–water partition coefficient (Wildman–Crippen LogP) is 5.12. The van der Waals surface area contributed by atoms with E-state index in [9.17, 15) is 0 Å². The summed E-state index contributed by atoms with van der Waals surface area (Å²) in [5.41, 5.74) is 3.03. The minimum Gasteiger partial charge on any atom is -0.257 e. The van der Waals surface area contributed by atoms with Crippen LogP contribution in [0.15, 0.2) is 24.4 Å². The topological polar surface area (TPSA) is 12.9 Å². The zero-order chi connectivity index (χ0) is 13.3. The van der Waals surface area contributed by atoms with Crippen molar-refractivity contribution in [2.24, 2.45) is 5.41 Å². The van der Waals surface area contributed by atoms with Gasteiger partial charge in [-0.15, -0.1) is 0 Å². The molecule has 17 heavy (non-hydrogen) atoms. The van der Waals surface area contributed by atoms with E-state index in [0.717, 1.165) is 12.1 Å². The summed E-state index contributed by atoms with van der Waals surface area (Å²) in [4.78, 5) is 4.23. The first-order valence-electron chi connectivity index (χ1n) is 6.57. The second kappa shape index (κ2) is 8.05. The molecule has 1 aliphatic carbocycles. The molecule has 2 rings (SSSR count). The van der Waals surface area contributed by atoms with Gasteiger partial charge >= 0.3 is 0 Å². The van der Waals surface area contributed by atoms with Crippen LogP contribution in [-0.4, -0.2) is 4.98 Å². The molecule has 0 atom stereocenters. The van der Waals surface area contributed by atoms with Crippen molar-refractivity contribution in [2.45, 2.75) is 54.4 Å². The summed E-state index contributed by atoms with van der Waals surface area (Å²) >= 11 is 0. The normalized spacial score (nSPS) is 12.6. The van der Waals surface area contributed by atoms with Crippen molar-refractivity contribution in [2.75, 3.05) is 0 Å². The average molecular weight is 233 g/mol. The number of hydrogen-bond acceptors (Lipinski definition) is 1. The molecule has 0 unspecified atom stereocenters. The van der Waals surface area contributed by atoms with E-state index in [-0.39, 0.29) is 0 Å². The predicted molar refractivity (Wildman–Crippen MR) is 78.1 cm³/mol. The fourth-order valence-corrected chi connectivity index (χ4v) is 1.25. The third-order valence-electron chi connectivity index (χ3n) is 1.78. The van der Waals surface area contributed by atoms with E-state index in [0.29, 0.717) is 5.41 Å². The SMILES string of the molecule is C1=Cc2ncccc2CC1.CC.CC(C)(C)C. The van der Waals surface area contributed by atoms with Crippen molar-refractivity contribution in [1.82, 2.24) is 4.98 Å². The van der Waals surface area contributed by atoms with E-state index >= 15 is 0 Å². The van der Waals surface area contributed by atoms with Crippen molar-refractivity contribution < 1.29 is 0 Å². The van der Waals surface area contributed by atoms with E-state index in [1.54, 1.807) is 0 Å². The summed E-state index contributed by atoms with van der Waals surface area (Å²) in [6.45, 7) is 12.8. The average Bonchev–Trinajstić information content (AvgIpc) is 2.30. The first kappa shape index (κ1) is 15.9. The lowest BCUT2D eigenvalue weighted by atomic mass is 10.0. The van der Waals surface area contributed by atoms with Gasteiger partial charge in [-0.2, -0.15) is 0 Å². The molecule has 96 valence electrons. The number of hydrogen-bond donors (Lipinski definition) is 0. The molecule has 0 N–H and O–H groups in total. The van der Waals surface area contributed by atoms with Gasteiger partial charge in [-0.25, -0.2) is 0 Å².